The largest absolute Gasteiger partial charge is 0.382 e. The number of sulfone groups is 1. The molecule has 0 atom stereocenters. The fourth-order valence-corrected chi connectivity index (χ4v) is 1.92. The van der Waals surface area contributed by atoms with Crippen LogP contribution < -0.4 is 5.73 Å². The van der Waals surface area contributed by atoms with E-state index in [1.165, 1.54) is 0 Å². The van der Waals surface area contributed by atoms with E-state index in [0.29, 0.717) is 6.29 Å². The minimum atomic E-state index is -3.58. The van der Waals surface area contributed by atoms with Crippen LogP contribution in [0.2, 0.25) is 5.15 Å². The monoisotopic (exact) mass is 235 g/mol. The van der Waals surface area contributed by atoms with Crippen molar-refractivity contribution in [2.75, 3.05) is 12.0 Å². The molecule has 2 N–H and O–H groups in total. The van der Waals surface area contributed by atoms with Gasteiger partial charge in [-0.25, -0.2) is 18.4 Å². The highest BCUT2D eigenvalue weighted by Gasteiger charge is 2.18. The van der Waals surface area contributed by atoms with Crippen LogP contribution in [0.4, 0.5) is 5.82 Å². The average molecular weight is 236 g/mol. The molecule has 0 aliphatic rings. The van der Waals surface area contributed by atoms with Gasteiger partial charge in [0.15, 0.2) is 32.1 Å². The lowest BCUT2D eigenvalue weighted by atomic mass is 10.4. The second-order valence-corrected chi connectivity index (χ2v) is 4.77. The summed E-state index contributed by atoms with van der Waals surface area (Å²) < 4.78 is 22.1. The van der Waals surface area contributed by atoms with Crippen molar-refractivity contribution in [1.29, 1.82) is 0 Å². The second-order valence-electron chi connectivity index (χ2n) is 2.48. The normalized spacial score (nSPS) is 11.3. The smallest absolute Gasteiger partial charge is 0.195 e. The van der Waals surface area contributed by atoms with Gasteiger partial charge in [-0.15, -0.1) is 0 Å². The molecule has 0 fully saturated rings. The number of nitrogens with two attached hydrogens (primary N) is 1. The van der Waals surface area contributed by atoms with E-state index in [-0.39, 0.29) is 16.7 Å². The quantitative estimate of drug-likeness (QED) is 0.720. The van der Waals surface area contributed by atoms with Crippen LogP contribution in [0.3, 0.4) is 0 Å². The van der Waals surface area contributed by atoms with E-state index in [2.05, 4.69) is 9.97 Å². The van der Waals surface area contributed by atoms with Crippen molar-refractivity contribution >= 4 is 33.5 Å². The number of hydrogen-bond acceptors (Lipinski definition) is 6. The summed E-state index contributed by atoms with van der Waals surface area (Å²) in [6.45, 7) is 0. The van der Waals surface area contributed by atoms with Gasteiger partial charge in [-0.1, -0.05) is 11.6 Å². The summed E-state index contributed by atoms with van der Waals surface area (Å²) in [6, 6.07) is 0. The molecule has 1 heterocycles. The van der Waals surface area contributed by atoms with E-state index in [4.69, 9.17) is 17.3 Å². The molecule has 1 aromatic rings. The van der Waals surface area contributed by atoms with Crippen LogP contribution in [0.15, 0.2) is 5.03 Å². The van der Waals surface area contributed by atoms with Crippen LogP contribution in [-0.2, 0) is 9.84 Å². The molecular formula is C6H6ClN3O3S. The predicted octanol–water partition coefficient (Wildman–Crippen LogP) is -0.0718. The first-order valence-corrected chi connectivity index (χ1v) is 5.61. The zero-order valence-electron chi connectivity index (χ0n) is 7.06. The van der Waals surface area contributed by atoms with Gasteiger partial charge in [0.05, 0.1) is 0 Å². The predicted molar refractivity (Wildman–Crippen MR) is 50.0 cm³/mol. The highest BCUT2D eigenvalue weighted by atomic mass is 35.5. The molecule has 1 rings (SSSR count). The zero-order valence-corrected chi connectivity index (χ0v) is 8.63. The molecule has 0 aliphatic carbocycles. The molecule has 0 unspecified atom stereocenters. The number of nitrogen functional groups attached to an aromatic ring is 1. The van der Waals surface area contributed by atoms with E-state index < -0.39 is 14.9 Å². The lowest BCUT2D eigenvalue weighted by Crippen LogP contribution is -2.09. The van der Waals surface area contributed by atoms with Gasteiger partial charge in [0, 0.05) is 6.26 Å². The zero-order chi connectivity index (χ0) is 10.9. The number of aromatic nitrogens is 2. The van der Waals surface area contributed by atoms with Crippen molar-refractivity contribution in [2.24, 2.45) is 0 Å². The Kier molecular flexibility index (Phi) is 2.72. The van der Waals surface area contributed by atoms with Crippen LogP contribution in [0.25, 0.3) is 0 Å². The molecule has 0 amide bonds. The molecule has 0 spiro atoms. The van der Waals surface area contributed by atoms with Crippen molar-refractivity contribution in [3.8, 4) is 0 Å². The number of aldehydes is 1. The van der Waals surface area contributed by atoms with Crippen molar-refractivity contribution in [3.63, 3.8) is 0 Å². The Morgan fingerprint density at radius 2 is 2.00 bits per heavy atom. The van der Waals surface area contributed by atoms with Crippen molar-refractivity contribution in [2.45, 2.75) is 5.03 Å². The summed E-state index contributed by atoms with van der Waals surface area (Å²) in [7, 11) is -3.58. The van der Waals surface area contributed by atoms with Gasteiger partial charge in [-0.2, -0.15) is 0 Å². The fourth-order valence-electron chi connectivity index (χ4n) is 0.746. The van der Waals surface area contributed by atoms with Crippen molar-refractivity contribution in [3.05, 3.63) is 10.8 Å². The Hall–Kier alpha value is -1.21. The lowest BCUT2D eigenvalue weighted by Gasteiger charge is -2.02. The van der Waals surface area contributed by atoms with Crippen LogP contribution in [0.5, 0.6) is 0 Å². The average Bonchev–Trinajstić information content (AvgIpc) is 2.06. The van der Waals surface area contributed by atoms with Crippen molar-refractivity contribution < 1.29 is 13.2 Å². The molecule has 76 valence electrons. The molecule has 0 saturated heterocycles. The second kappa shape index (κ2) is 3.50. The number of anilines is 1. The Labute approximate surface area is 85.0 Å². The van der Waals surface area contributed by atoms with E-state index in [9.17, 15) is 13.2 Å². The Bertz CT molecular complexity index is 485. The molecule has 0 aromatic carbocycles. The summed E-state index contributed by atoms with van der Waals surface area (Å²) in [5.74, 6) is -0.259. The van der Waals surface area contributed by atoms with Crippen LogP contribution in [0, 0.1) is 0 Å². The highest BCUT2D eigenvalue weighted by Crippen LogP contribution is 2.18. The first-order chi connectivity index (χ1) is 6.36. The van der Waals surface area contributed by atoms with Gasteiger partial charge in [0.25, 0.3) is 0 Å². The molecule has 0 radical (unpaired) electrons. The Morgan fingerprint density at radius 3 is 2.43 bits per heavy atom. The molecule has 0 bridgehead atoms. The number of nitrogens with zero attached hydrogens (tertiary/aromatic N) is 2. The van der Waals surface area contributed by atoms with Gasteiger partial charge < -0.3 is 5.73 Å². The van der Waals surface area contributed by atoms with Crippen LogP contribution >= 0.6 is 11.6 Å². The van der Waals surface area contributed by atoms with E-state index in [1.54, 1.807) is 0 Å². The fraction of sp³-hybridized carbons (Fsp3) is 0.167. The summed E-state index contributed by atoms with van der Waals surface area (Å²) in [5, 5.41) is -0.786. The molecule has 6 nitrogen and oxygen atoms in total. The first kappa shape index (κ1) is 10.9. The number of carbonyl (C=O) groups excluding carboxylic acids is 1. The first-order valence-electron chi connectivity index (χ1n) is 3.34. The van der Waals surface area contributed by atoms with E-state index in [1.807, 2.05) is 0 Å². The Balaban J connectivity index is 3.52. The molecular weight excluding hydrogens is 230 g/mol. The number of hydrogen-bond donors (Lipinski definition) is 1. The summed E-state index contributed by atoms with van der Waals surface area (Å²) >= 11 is 5.50. The summed E-state index contributed by atoms with van der Waals surface area (Å²) in [4.78, 5) is 17.3. The maximum atomic E-state index is 11.1. The molecule has 14 heavy (non-hydrogen) atoms. The topological polar surface area (TPSA) is 103 Å². The molecule has 1 aromatic heterocycles. The van der Waals surface area contributed by atoms with E-state index in [0.717, 1.165) is 6.26 Å². The summed E-state index contributed by atoms with van der Waals surface area (Å²) in [6.07, 6.45) is 1.27. The lowest BCUT2D eigenvalue weighted by molar-refractivity contribution is 0.111. The van der Waals surface area contributed by atoms with Gasteiger partial charge in [0.2, 0.25) is 0 Å². The van der Waals surface area contributed by atoms with Crippen LogP contribution in [0.1, 0.15) is 10.5 Å². The van der Waals surface area contributed by atoms with E-state index >= 15 is 0 Å². The maximum Gasteiger partial charge on any atom is 0.195 e. The SMILES string of the molecule is CS(=O)(=O)c1nc(N)c(C=O)nc1Cl. The third-order valence-corrected chi connectivity index (χ3v) is 2.71. The third-order valence-electron chi connectivity index (χ3n) is 1.34. The molecule has 0 aliphatic heterocycles. The number of rotatable bonds is 2. The van der Waals surface area contributed by atoms with Crippen molar-refractivity contribution in [1.82, 2.24) is 9.97 Å². The summed E-state index contributed by atoms with van der Waals surface area (Å²) in [5.41, 5.74) is 5.09. The Morgan fingerprint density at radius 1 is 1.43 bits per heavy atom. The molecule has 8 heteroatoms. The number of carbonyl (C=O) groups is 1. The van der Waals surface area contributed by atoms with Gasteiger partial charge in [-0.3, -0.25) is 4.79 Å². The maximum absolute atomic E-state index is 11.1. The minimum absolute atomic E-state index is 0.178. The third kappa shape index (κ3) is 1.99. The number of halogens is 1. The minimum Gasteiger partial charge on any atom is -0.382 e. The molecule has 0 saturated carbocycles. The standard InChI is InChI=1S/C6H6ClN3O3S/c1-14(12,13)6-4(7)9-3(2-11)5(8)10-6/h2H,1H3,(H2,8,10). The van der Waals surface area contributed by atoms with Gasteiger partial charge in [-0.05, 0) is 0 Å². The van der Waals surface area contributed by atoms with Crippen LogP contribution in [-0.4, -0.2) is 30.9 Å². The van der Waals surface area contributed by atoms with Gasteiger partial charge >= 0.3 is 0 Å². The highest BCUT2D eigenvalue weighted by molar-refractivity contribution is 7.90. The van der Waals surface area contributed by atoms with Gasteiger partial charge in [0.1, 0.15) is 5.69 Å².